The lowest BCUT2D eigenvalue weighted by Gasteiger charge is -2.17. The van der Waals surface area contributed by atoms with Crippen molar-refractivity contribution in [2.75, 3.05) is 20.8 Å². The summed E-state index contributed by atoms with van der Waals surface area (Å²) < 4.78 is 10.5. The number of benzene rings is 1. The molecule has 0 aromatic heterocycles. The number of carbonyl (C=O) groups is 1. The highest BCUT2D eigenvalue weighted by Gasteiger charge is 2.26. The van der Waals surface area contributed by atoms with E-state index in [2.05, 4.69) is 5.32 Å². The van der Waals surface area contributed by atoms with Gasteiger partial charge in [-0.3, -0.25) is 4.79 Å². The molecule has 0 bridgehead atoms. The van der Waals surface area contributed by atoms with E-state index in [1.165, 1.54) is 5.56 Å². The second kappa shape index (κ2) is 8.22. The van der Waals surface area contributed by atoms with Crippen LogP contribution in [-0.4, -0.2) is 32.8 Å². The fourth-order valence-corrected chi connectivity index (χ4v) is 2.68. The standard InChI is InChI=1S/C15H22N2O3.ClH/c1-19-10(9-16)8-15(18)17-13-7-6-12-11(13)4-3-5-14(12)20-2;/h3-5,10,13H,6-9,16H2,1-2H3,(H,17,18);1H. The van der Waals surface area contributed by atoms with Crippen molar-refractivity contribution >= 4 is 18.3 Å². The molecule has 1 aromatic rings. The molecule has 0 saturated carbocycles. The van der Waals surface area contributed by atoms with Crippen LogP contribution in [-0.2, 0) is 16.0 Å². The maximum Gasteiger partial charge on any atom is 0.223 e. The van der Waals surface area contributed by atoms with Gasteiger partial charge in [-0.05, 0) is 30.0 Å². The lowest BCUT2D eigenvalue weighted by atomic mass is 10.1. The van der Waals surface area contributed by atoms with Crippen LogP contribution in [0.1, 0.15) is 30.0 Å². The summed E-state index contributed by atoms with van der Waals surface area (Å²) in [5.41, 5.74) is 7.88. The molecule has 1 aromatic carbocycles. The minimum atomic E-state index is -0.221. The molecule has 6 heteroatoms. The Labute approximate surface area is 131 Å². The maximum atomic E-state index is 12.0. The number of carbonyl (C=O) groups excluding carboxylic acids is 1. The Bertz CT molecular complexity index is 478. The third-order valence-electron chi connectivity index (χ3n) is 3.79. The van der Waals surface area contributed by atoms with Gasteiger partial charge in [0.25, 0.3) is 0 Å². The molecule has 3 N–H and O–H groups in total. The summed E-state index contributed by atoms with van der Waals surface area (Å²) >= 11 is 0. The van der Waals surface area contributed by atoms with E-state index in [1.54, 1.807) is 14.2 Å². The van der Waals surface area contributed by atoms with Gasteiger partial charge in [-0.2, -0.15) is 0 Å². The first-order valence-corrected chi connectivity index (χ1v) is 6.87. The molecule has 1 amide bonds. The van der Waals surface area contributed by atoms with Gasteiger partial charge in [0.1, 0.15) is 5.75 Å². The molecule has 0 spiro atoms. The van der Waals surface area contributed by atoms with Crippen molar-refractivity contribution in [2.24, 2.45) is 5.73 Å². The summed E-state index contributed by atoms with van der Waals surface area (Å²) in [6.45, 7) is 0.346. The van der Waals surface area contributed by atoms with Crippen molar-refractivity contribution < 1.29 is 14.3 Å². The second-order valence-corrected chi connectivity index (χ2v) is 4.98. The lowest BCUT2D eigenvalue weighted by Crippen LogP contribution is -2.33. The van der Waals surface area contributed by atoms with Crippen molar-refractivity contribution in [1.82, 2.24) is 5.32 Å². The summed E-state index contributed by atoms with van der Waals surface area (Å²) in [4.78, 5) is 12.0. The van der Waals surface area contributed by atoms with Crippen LogP contribution >= 0.6 is 12.4 Å². The molecule has 0 aliphatic heterocycles. The second-order valence-electron chi connectivity index (χ2n) is 4.98. The number of hydrogen-bond acceptors (Lipinski definition) is 4. The molecule has 2 unspecified atom stereocenters. The van der Waals surface area contributed by atoms with Crippen LogP contribution in [0.4, 0.5) is 0 Å². The number of halogens is 1. The van der Waals surface area contributed by atoms with Crippen molar-refractivity contribution in [2.45, 2.75) is 31.4 Å². The number of rotatable bonds is 6. The molecule has 0 radical (unpaired) electrons. The molecule has 2 rings (SSSR count). The number of ether oxygens (including phenoxy) is 2. The molecular formula is C15H23ClN2O3. The largest absolute Gasteiger partial charge is 0.496 e. The fraction of sp³-hybridized carbons (Fsp3) is 0.533. The van der Waals surface area contributed by atoms with E-state index >= 15 is 0 Å². The van der Waals surface area contributed by atoms with Crippen LogP contribution in [0.15, 0.2) is 18.2 Å². The molecule has 0 saturated heterocycles. The molecule has 0 heterocycles. The molecule has 118 valence electrons. The number of amides is 1. The Morgan fingerprint density at radius 2 is 2.24 bits per heavy atom. The van der Waals surface area contributed by atoms with Crippen LogP contribution in [0.25, 0.3) is 0 Å². The van der Waals surface area contributed by atoms with Crippen LogP contribution in [0, 0.1) is 0 Å². The molecule has 21 heavy (non-hydrogen) atoms. The summed E-state index contributed by atoms with van der Waals surface area (Å²) in [5.74, 6) is 0.874. The summed E-state index contributed by atoms with van der Waals surface area (Å²) in [6.07, 6.45) is 1.90. The summed E-state index contributed by atoms with van der Waals surface area (Å²) in [7, 11) is 3.24. The van der Waals surface area contributed by atoms with Crippen LogP contribution in [0.5, 0.6) is 5.75 Å². The SMILES string of the molecule is COc1cccc2c1CCC2NC(=O)CC(CN)OC.Cl. The quantitative estimate of drug-likeness (QED) is 0.836. The average Bonchev–Trinajstić information content (AvgIpc) is 2.87. The highest BCUT2D eigenvalue weighted by Crippen LogP contribution is 2.36. The van der Waals surface area contributed by atoms with E-state index < -0.39 is 0 Å². The Morgan fingerprint density at radius 3 is 2.86 bits per heavy atom. The van der Waals surface area contributed by atoms with E-state index in [1.807, 2.05) is 18.2 Å². The minimum Gasteiger partial charge on any atom is -0.496 e. The van der Waals surface area contributed by atoms with Gasteiger partial charge in [-0.15, -0.1) is 12.4 Å². The Balaban J connectivity index is 0.00000220. The van der Waals surface area contributed by atoms with Crippen molar-refractivity contribution in [3.05, 3.63) is 29.3 Å². The number of methoxy groups -OCH3 is 2. The lowest BCUT2D eigenvalue weighted by molar-refractivity contribution is -0.124. The first-order valence-electron chi connectivity index (χ1n) is 6.87. The van der Waals surface area contributed by atoms with Crippen molar-refractivity contribution in [3.63, 3.8) is 0 Å². The fourth-order valence-electron chi connectivity index (χ4n) is 2.68. The molecule has 1 aliphatic carbocycles. The first-order chi connectivity index (χ1) is 9.69. The minimum absolute atomic E-state index is 0. The normalized spacial score (nSPS) is 17.6. The molecule has 2 atom stereocenters. The Kier molecular flexibility index (Phi) is 6.95. The molecule has 0 fully saturated rings. The smallest absolute Gasteiger partial charge is 0.223 e. The topological polar surface area (TPSA) is 73.6 Å². The number of nitrogens with one attached hydrogen (secondary N) is 1. The number of nitrogens with two attached hydrogens (primary N) is 1. The third kappa shape index (κ3) is 4.09. The van der Waals surface area contributed by atoms with Crippen LogP contribution < -0.4 is 15.8 Å². The van der Waals surface area contributed by atoms with E-state index in [9.17, 15) is 4.79 Å². The van der Waals surface area contributed by atoms with Gasteiger partial charge in [0.15, 0.2) is 0 Å². The zero-order valence-corrected chi connectivity index (χ0v) is 13.2. The van der Waals surface area contributed by atoms with Gasteiger partial charge in [-0.1, -0.05) is 12.1 Å². The first kappa shape index (κ1) is 17.8. The van der Waals surface area contributed by atoms with E-state index in [0.717, 1.165) is 24.2 Å². The van der Waals surface area contributed by atoms with Gasteiger partial charge in [0, 0.05) is 13.7 Å². The average molecular weight is 315 g/mol. The van der Waals surface area contributed by atoms with Crippen molar-refractivity contribution in [1.29, 1.82) is 0 Å². The van der Waals surface area contributed by atoms with Crippen molar-refractivity contribution in [3.8, 4) is 5.75 Å². The summed E-state index contributed by atoms with van der Waals surface area (Å²) in [6, 6.07) is 6.02. The van der Waals surface area contributed by atoms with Gasteiger partial charge in [-0.25, -0.2) is 0 Å². The van der Waals surface area contributed by atoms with Gasteiger partial charge in [0.2, 0.25) is 5.91 Å². The van der Waals surface area contributed by atoms with Gasteiger partial charge >= 0.3 is 0 Å². The van der Waals surface area contributed by atoms with E-state index in [4.69, 9.17) is 15.2 Å². The van der Waals surface area contributed by atoms with Gasteiger partial charge in [0.05, 0.1) is 25.7 Å². The zero-order valence-electron chi connectivity index (χ0n) is 12.4. The zero-order chi connectivity index (χ0) is 14.5. The molecular weight excluding hydrogens is 292 g/mol. The van der Waals surface area contributed by atoms with E-state index in [0.29, 0.717) is 13.0 Å². The van der Waals surface area contributed by atoms with E-state index in [-0.39, 0.29) is 30.5 Å². The molecule has 5 nitrogen and oxygen atoms in total. The van der Waals surface area contributed by atoms with Crippen LogP contribution in [0.3, 0.4) is 0 Å². The monoisotopic (exact) mass is 314 g/mol. The number of fused-ring (bicyclic) bond motifs is 1. The predicted molar refractivity (Wildman–Crippen MR) is 83.9 cm³/mol. The highest BCUT2D eigenvalue weighted by molar-refractivity contribution is 5.85. The van der Waals surface area contributed by atoms with Crippen LogP contribution in [0.2, 0.25) is 0 Å². The number of hydrogen-bond donors (Lipinski definition) is 2. The highest BCUT2D eigenvalue weighted by atomic mass is 35.5. The predicted octanol–water partition coefficient (Wildman–Crippen LogP) is 1.58. The summed E-state index contributed by atoms with van der Waals surface area (Å²) in [5, 5.41) is 3.06. The Hall–Kier alpha value is -1.30. The Morgan fingerprint density at radius 1 is 1.48 bits per heavy atom. The maximum absolute atomic E-state index is 12.0. The van der Waals surface area contributed by atoms with Gasteiger partial charge < -0.3 is 20.5 Å². The third-order valence-corrected chi connectivity index (χ3v) is 3.79. The molecule has 1 aliphatic rings.